The van der Waals surface area contributed by atoms with Crippen LogP contribution in [0.2, 0.25) is 5.15 Å². The molecular weight excluding hydrogens is 365 g/mol. The van der Waals surface area contributed by atoms with Crippen molar-refractivity contribution in [3.63, 3.8) is 0 Å². The summed E-state index contributed by atoms with van der Waals surface area (Å²) in [6, 6.07) is 17.8. The predicted octanol–water partition coefficient (Wildman–Crippen LogP) is 4.98. The van der Waals surface area contributed by atoms with E-state index in [1.54, 1.807) is 18.2 Å². The first-order chi connectivity index (χ1) is 13.1. The number of carbonyl (C=O) groups excluding carboxylic acids is 1. The molecule has 0 saturated carbocycles. The highest BCUT2D eigenvalue weighted by Crippen LogP contribution is 2.34. The van der Waals surface area contributed by atoms with E-state index in [0.717, 1.165) is 33.6 Å². The van der Waals surface area contributed by atoms with E-state index in [2.05, 4.69) is 10.3 Å². The Hall–Kier alpha value is -3.18. The molecule has 2 aromatic heterocycles. The maximum absolute atomic E-state index is 13.4. The van der Waals surface area contributed by atoms with Gasteiger partial charge >= 0.3 is 0 Å². The summed E-state index contributed by atoms with van der Waals surface area (Å²) in [4.78, 5) is 16.2. The molecule has 1 aliphatic heterocycles. The van der Waals surface area contributed by atoms with Gasteiger partial charge in [-0.15, -0.1) is 0 Å². The summed E-state index contributed by atoms with van der Waals surface area (Å²) >= 11 is 6.14. The van der Waals surface area contributed by atoms with Crippen LogP contribution in [-0.4, -0.2) is 15.5 Å². The van der Waals surface area contributed by atoms with Crippen molar-refractivity contribution in [1.82, 2.24) is 9.55 Å². The topological polar surface area (TPSA) is 46.9 Å². The normalized spacial score (nSPS) is 13.0. The minimum Gasteiger partial charge on any atom is -0.326 e. The number of nitrogens with one attached hydrogen (secondary N) is 1. The van der Waals surface area contributed by atoms with Gasteiger partial charge in [-0.1, -0.05) is 11.6 Å². The first-order valence-electron chi connectivity index (χ1n) is 8.45. The van der Waals surface area contributed by atoms with Gasteiger partial charge in [-0.2, -0.15) is 0 Å². The molecule has 4 aromatic rings. The van der Waals surface area contributed by atoms with Crippen molar-refractivity contribution < 1.29 is 9.18 Å². The van der Waals surface area contributed by atoms with Crippen molar-refractivity contribution in [1.29, 1.82) is 0 Å². The third-order valence-electron chi connectivity index (χ3n) is 4.73. The zero-order chi connectivity index (χ0) is 18.5. The van der Waals surface area contributed by atoms with Gasteiger partial charge in [-0.3, -0.25) is 9.36 Å². The van der Waals surface area contributed by atoms with E-state index in [1.165, 1.54) is 12.1 Å². The number of amides is 1. The van der Waals surface area contributed by atoms with Crippen LogP contribution < -0.4 is 5.32 Å². The summed E-state index contributed by atoms with van der Waals surface area (Å²) in [5, 5.41) is 4.16. The third-order valence-corrected chi connectivity index (χ3v) is 4.94. The summed E-state index contributed by atoms with van der Waals surface area (Å²) in [5.41, 5.74) is 5.08. The van der Waals surface area contributed by atoms with Crippen LogP contribution in [0.15, 0.2) is 60.7 Å². The second kappa shape index (κ2) is 5.93. The largest absolute Gasteiger partial charge is 0.326 e. The first-order valence-corrected chi connectivity index (χ1v) is 8.83. The Morgan fingerprint density at radius 2 is 1.85 bits per heavy atom. The highest BCUT2D eigenvalue weighted by atomic mass is 35.5. The zero-order valence-corrected chi connectivity index (χ0v) is 14.8. The van der Waals surface area contributed by atoms with Gasteiger partial charge in [0.2, 0.25) is 5.91 Å². The molecule has 0 saturated heterocycles. The number of hydrogen-bond acceptors (Lipinski definition) is 2. The molecular formula is C21H13ClFN3O. The molecule has 3 heterocycles. The van der Waals surface area contributed by atoms with E-state index in [1.807, 2.05) is 34.9 Å². The van der Waals surface area contributed by atoms with E-state index >= 15 is 0 Å². The average molecular weight is 378 g/mol. The van der Waals surface area contributed by atoms with Gasteiger partial charge in [0.15, 0.2) is 0 Å². The molecule has 1 aliphatic rings. The van der Waals surface area contributed by atoms with Crippen molar-refractivity contribution in [2.45, 2.75) is 6.42 Å². The number of aromatic nitrogens is 2. The monoisotopic (exact) mass is 377 g/mol. The van der Waals surface area contributed by atoms with Crippen molar-refractivity contribution >= 4 is 34.2 Å². The van der Waals surface area contributed by atoms with Gasteiger partial charge in [0.05, 0.1) is 12.1 Å². The van der Waals surface area contributed by atoms with Gasteiger partial charge < -0.3 is 5.32 Å². The zero-order valence-electron chi connectivity index (χ0n) is 14.0. The van der Waals surface area contributed by atoms with Crippen molar-refractivity contribution in [3.05, 3.63) is 77.2 Å². The summed E-state index contributed by atoms with van der Waals surface area (Å²) < 4.78 is 15.4. The quantitative estimate of drug-likeness (QED) is 0.501. The van der Waals surface area contributed by atoms with Crippen LogP contribution in [-0.2, 0) is 11.2 Å². The molecule has 0 spiro atoms. The fraction of sp³-hybridized carbons (Fsp3) is 0.0476. The van der Waals surface area contributed by atoms with E-state index in [-0.39, 0.29) is 11.7 Å². The lowest BCUT2D eigenvalue weighted by Crippen LogP contribution is -2.03. The van der Waals surface area contributed by atoms with Crippen molar-refractivity contribution in [3.8, 4) is 16.9 Å². The van der Waals surface area contributed by atoms with E-state index in [0.29, 0.717) is 17.2 Å². The molecule has 0 radical (unpaired) electrons. The molecule has 132 valence electrons. The van der Waals surface area contributed by atoms with Gasteiger partial charge in [0.25, 0.3) is 0 Å². The lowest BCUT2D eigenvalue weighted by Gasteiger charge is -2.12. The standard InChI is InChI=1S/C21H13ClFN3O/c22-19-8-3-13-10-18(12-1-4-15(23)5-2-12)26(21(13)25-19)16-6-7-17-14(9-16)11-20(27)24-17/h1-10H,11H2,(H,24,27). The minimum absolute atomic E-state index is 0.0144. The smallest absolute Gasteiger partial charge is 0.228 e. The molecule has 2 aromatic carbocycles. The molecule has 5 rings (SSSR count). The maximum atomic E-state index is 13.4. The molecule has 1 N–H and O–H groups in total. The fourth-order valence-electron chi connectivity index (χ4n) is 3.50. The van der Waals surface area contributed by atoms with Crippen LogP contribution in [0.5, 0.6) is 0 Å². The summed E-state index contributed by atoms with van der Waals surface area (Å²) in [6.45, 7) is 0. The number of fused-ring (bicyclic) bond motifs is 2. The lowest BCUT2D eigenvalue weighted by molar-refractivity contribution is -0.115. The van der Waals surface area contributed by atoms with Gasteiger partial charge in [0.1, 0.15) is 16.6 Å². The number of rotatable bonds is 2. The van der Waals surface area contributed by atoms with Crippen molar-refractivity contribution in [2.75, 3.05) is 5.32 Å². The number of nitrogens with zero attached hydrogens (tertiary/aromatic N) is 2. The first kappa shape index (κ1) is 16.0. The van der Waals surface area contributed by atoms with E-state index in [9.17, 15) is 9.18 Å². The molecule has 0 fully saturated rings. The number of carbonyl (C=O) groups is 1. The number of hydrogen-bond donors (Lipinski definition) is 1. The van der Waals surface area contributed by atoms with E-state index < -0.39 is 0 Å². The molecule has 0 aliphatic carbocycles. The molecule has 0 bridgehead atoms. The number of benzene rings is 2. The molecule has 0 unspecified atom stereocenters. The van der Waals surface area contributed by atoms with Crippen LogP contribution in [0.1, 0.15) is 5.56 Å². The highest BCUT2D eigenvalue weighted by Gasteiger charge is 2.20. The lowest BCUT2D eigenvalue weighted by atomic mass is 10.1. The fourth-order valence-corrected chi connectivity index (χ4v) is 3.65. The van der Waals surface area contributed by atoms with Gasteiger partial charge in [0, 0.05) is 16.8 Å². The SMILES string of the molecule is O=C1Cc2cc(-n3c(-c4ccc(F)cc4)cc4ccc(Cl)nc43)ccc2N1. The summed E-state index contributed by atoms with van der Waals surface area (Å²) in [7, 11) is 0. The molecule has 27 heavy (non-hydrogen) atoms. The Morgan fingerprint density at radius 1 is 1.04 bits per heavy atom. The Labute approximate surface area is 159 Å². The number of pyridine rings is 1. The Kier molecular flexibility index (Phi) is 3.52. The third kappa shape index (κ3) is 2.67. The molecule has 4 nitrogen and oxygen atoms in total. The molecule has 1 amide bonds. The van der Waals surface area contributed by atoms with Crippen LogP contribution in [0, 0.1) is 5.82 Å². The van der Waals surface area contributed by atoms with Gasteiger partial charge in [-0.05, 0) is 71.8 Å². The van der Waals surface area contributed by atoms with Crippen molar-refractivity contribution in [2.24, 2.45) is 0 Å². The second-order valence-corrected chi connectivity index (χ2v) is 6.87. The summed E-state index contributed by atoms with van der Waals surface area (Å²) in [6.07, 6.45) is 0.350. The van der Waals surface area contributed by atoms with Crippen LogP contribution in [0.25, 0.3) is 28.0 Å². The maximum Gasteiger partial charge on any atom is 0.228 e. The number of anilines is 1. The Morgan fingerprint density at radius 3 is 2.67 bits per heavy atom. The van der Waals surface area contributed by atoms with Gasteiger partial charge in [-0.25, -0.2) is 9.37 Å². The Bertz CT molecular complexity index is 1210. The second-order valence-electron chi connectivity index (χ2n) is 6.49. The minimum atomic E-state index is -0.287. The van der Waals surface area contributed by atoms with Crippen LogP contribution >= 0.6 is 11.6 Å². The average Bonchev–Trinajstić information content (AvgIpc) is 3.20. The van der Waals surface area contributed by atoms with E-state index in [4.69, 9.17) is 11.6 Å². The Balaban J connectivity index is 1.78. The van der Waals surface area contributed by atoms with Crippen LogP contribution in [0.4, 0.5) is 10.1 Å². The summed E-state index contributed by atoms with van der Waals surface area (Å²) in [5.74, 6) is -0.302. The molecule has 0 atom stereocenters. The molecule has 6 heteroatoms. The van der Waals surface area contributed by atoms with Crippen LogP contribution in [0.3, 0.4) is 0 Å². The predicted molar refractivity (Wildman–Crippen MR) is 104 cm³/mol. The number of halogens is 2. The highest BCUT2D eigenvalue weighted by molar-refractivity contribution is 6.29.